The summed E-state index contributed by atoms with van der Waals surface area (Å²) in [6, 6.07) is 0. The number of carboxylic acids is 1. The van der Waals surface area contributed by atoms with Crippen LogP contribution in [0.2, 0.25) is 0 Å². The van der Waals surface area contributed by atoms with Gasteiger partial charge in [-0.15, -0.1) is 0 Å². The average Bonchev–Trinajstić information content (AvgIpc) is 2.43. The Labute approximate surface area is 121 Å². The monoisotopic (exact) mass is 282 g/mol. The lowest BCUT2D eigenvalue weighted by atomic mass is 10.1. The van der Waals surface area contributed by atoms with E-state index >= 15 is 0 Å². The Kier molecular flexibility index (Phi) is 14.0. The first kappa shape index (κ1) is 18.3. The average molecular weight is 282 g/mol. The summed E-state index contributed by atoms with van der Waals surface area (Å²) in [5.41, 5.74) is 0. The highest BCUT2D eigenvalue weighted by Gasteiger charge is 1.95. The third-order valence-electron chi connectivity index (χ3n) is 2.56. The zero-order chi connectivity index (χ0) is 14.9. The van der Waals surface area contributed by atoms with E-state index in [9.17, 15) is 4.79 Å². The van der Waals surface area contributed by atoms with E-state index in [4.69, 9.17) is 14.6 Å². The molecule has 0 saturated carbocycles. The van der Waals surface area contributed by atoms with Crippen molar-refractivity contribution in [2.75, 3.05) is 0 Å². The van der Waals surface area contributed by atoms with E-state index < -0.39 is 5.97 Å². The standard InChI is InChI=1S/C16H26O4/c1-2-3-12-19-14-15-20-13-10-8-6-4-5-7-9-11-16(17)18/h3,10,12-15H,2,4-9,11H2,1H3,(H,17,18)/b12-3+,13-10+,15-14+. The second kappa shape index (κ2) is 15.3. The van der Waals surface area contributed by atoms with Crippen LogP contribution in [0.15, 0.2) is 37.2 Å². The van der Waals surface area contributed by atoms with Crippen LogP contribution >= 0.6 is 0 Å². The number of unbranched alkanes of at least 4 members (excludes halogenated alkanes) is 5. The topological polar surface area (TPSA) is 55.8 Å². The largest absolute Gasteiger partial charge is 0.481 e. The third kappa shape index (κ3) is 16.3. The highest BCUT2D eigenvalue weighted by atomic mass is 16.5. The van der Waals surface area contributed by atoms with E-state index in [1.165, 1.54) is 12.5 Å². The molecule has 0 spiro atoms. The maximum absolute atomic E-state index is 10.3. The Hall–Kier alpha value is -1.71. The molecule has 0 aromatic heterocycles. The molecule has 0 heterocycles. The van der Waals surface area contributed by atoms with E-state index in [0.29, 0.717) is 0 Å². The van der Waals surface area contributed by atoms with Crippen molar-refractivity contribution in [1.82, 2.24) is 0 Å². The zero-order valence-electron chi connectivity index (χ0n) is 12.3. The molecule has 4 nitrogen and oxygen atoms in total. The lowest BCUT2D eigenvalue weighted by Gasteiger charge is -1.98. The zero-order valence-corrected chi connectivity index (χ0v) is 12.3. The summed E-state index contributed by atoms with van der Waals surface area (Å²) in [5.74, 6) is -0.702. The van der Waals surface area contributed by atoms with Gasteiger partial charge in [0.05, 0.1) is 12.5 Å². The summed E-state index contributed by atoms with van der Waals surface area (Å²) in [6.07, 6.45) is 17.5. The van der Waals surface area contributed by atoms with Crippen molar-refractivity contribution in [2.24, 2.45) is 0 Å². The van der Waals surface area contributed by atoms with Crippen LogP contribution in [0.3, 0.4) is 0 Å². The molecule has 0 aliphatic carbocycles. The van der Waals surface area contributed by atoms with Crippen molar-refractivity contribution >= 4 is 5.97 Å². The molecule has 1 N–H and O–H groups in total. The van der Waals surface area contributed by atoms with E-state index in [2.05, 4.69) is 0 Å². The van der Waals surface area contributed by atoms with Gasteiger partial charge in [0.2, 0.25) is 0 Å². The molecule has 0 atom stereocenters. The molecule has 0 saturated heterocycles. The summed E-state index contributed by atoms with van der Waals surface area (Å²) < 4.78 is 10.1. The van der Waals surface area contributed by atoms with Gasteiger partial charge in [0.15, 0.2) is 0 Å². The van der Waals surface area contributed by atoms with Crippen LogP contribution in [0.5, 0.6) is 0 Å². The molecule has 0 aromatic rings. The third-order valence-corrected chi connectivity index (χ3v) is 2.56. The Morgan fingerprint density at radius 2 is 1.50 bits per heavy atom. The number of ether oxygens (including phenoxy) is 2. The summed E-state index contributed by atoms with van der Waals surface area (Å²) in [5, 5.41) is 8.48. The van der Waals surface area contributed by atoms with Gasteiger partial charge in [0.25, 0.3) is 0 Å². The molecule has 0 aromatic carbocycles. The van der Waals surface area contributed by atoms with Crippen LogP contribution in [0, 0.1) is 0 Å². The molecule has 0 amide bonds. The van der Waals surface area contributed by atoms with E-state index in [-0.39, 0.29) is 6.42 Å². The van der Waals surface area contributed by atoms with Crippen LogP contribution in [0.25, 0.3) is 0 Å². The molecule has 0 fully saturated rings. The molecule has 114 valence electrons. The van der Waals surface area contributed by atoms with Crippen molar-refractivity contribution < 1.29 is 19.4 Å². The Morgan fingerprint density at radius 3 is 2.15 bits per heavy atom. The van der Waals surface area contributed by atoms with Crippen LogP contribution in [-0.2, 0) is 14.3 Å². The maximum atomic E-state index is 10.3. The molecule has 4 heteroatoms. The molecule has 0 radical (unpaired) electrons. The molecule has 0 unspecified atom stereocenters. The molecule has 0 bridgehead atoms. The Morgan fingerprint density at radius 1 is 0.900 bits per heavy atom. The molecular formula is C16H26O4. The van der Waals surface area contributed by atoms with Crippen molar-refractivity contribution in [1.29, 1.82) is 0 Å². The summed E-state index contributed by atoms with van der Waals surface area (Å²) >= 11 is 0. The predicted octanol–water partition coefficient (Wildman–Crippen LogP) is 4.74. The van der Waals surface area contributed by atoms with Crippen molar-refractivity contribution in [3.8, 4) is 0 Å². The second-order valence-electron chi connectivity index (χ2n) is 4.40. The van der Waals surface area contributed by atoms with Gasteiger partial charge < -0.3 is 14.6 Å². The van der Waals surface area contributed by atoms with Crippen molar-refractivity contribution in [3.05, 3.63) is 37.2 Å². The van der Waals surface area contributed by atoms with Crippen LogP contribution < -0.4 is 0 Å². The van der Waals surface area contributed by atoms with Crippen molar-refractivity contribution in [2.45, 2.75) is 58.3 Å². The maximum Gasteiger partial charge on any atom is 0.303 e. The van der Waals surface area contributed by atoms with Gasteiger partial charge >= 0.3 is 5.97 Å². The van der Waals surface area contributed by atoms with Gasteiger partial charge in [-0.1, -0.05) is 26.2 Å². The lowest BCUT2D eigenvalue weighted by molar-refractivity contribution is -0.137. The first-order valence-electron chi connectivity index (χ1n) is 7.25. The number of allylic oxidation sites excluding steroid dienone is 2. The summed E-state index contributed by atoms with van der Waals surface area (Å²) in [6.45, 7) is 2.04. The SMILES string of the molecule is CC/C=C/O/C=C/O/C=C/CCCCCCCC(=O)O. The number of carbonyl (C=O) groups is 1. The van der Waals surface area contributed by atoms with Crippen molar-refractivity contribution in [3.63, 3.8) is 0 Å². The first-order chi connectivity index (χ1) is 9.77. The fraction of sp³-hybridized carbons (Fsp3) is 0.562. The van der Waals surface area contributed by atoms with Gasteiger partial charge in [0, 0.05) is 6.42 Å². The van der Waals surface area contributed by atoms with Crippen LogP contribution in [-0.4, -0.2) is 11.1 Å². The van der Waals surface area contributed by atoms with Gasteiger partial charge in [-0.25, -0.2) is 0 Å². The second-order valence-corrected chi connectivity index (χ2v) is 4.40. The fourth-order valence-electron chi connectivity index (χ4n) is 1.50. The number of hydrogen-bond acceptors (Lipinski definition) is 3. The minimum Gasteiger partial charge on any atom is -0.481 e. The molecule has 0 aliphatic rings. The molecule has 0 aliphatic heterocycles. The van der Waals surface area contributed by atoms with Crippen LogP contribution in [0.1, 0.15) is 58.3 Å². The lowest BCUT2D eigenvalue weighted by Crippen LogP contribution is -1.93. The fourth-order valence-corrected chi connectivity index (χ4v) is 1.50. The highest BCUT2D eigenvalue weighted by molar-refractivity contribution is 5.66. The minimum absolute atomic E-state index is 0.287. The van der Waals surface area contributed by atoms with Gasteiger partial charge in [-0.3, -0.25) is 4.79 Å². The highest BCUT2D eigenvalue weighted by Crippen LogP contribution is 2.07. The summed E-state index contributed by atoms with van der Waals surface area (Å²) in [4.78, 5) is 10.3. The normalized spacial score (nSPS) is 11.7. The molecule has 20 heavy (non-hydrogen) atoms. The minimum atomic E-state index is -0.702. The Balaban J connectivity index is 3.23. The quantitative estimate of drug-likeness (QED) is 0.391. The smallest absolute Gasteiger partial charge is 0.303 e. The van der Waals surface area contributed by atoms with E-state index in [1.807, 2.05) is 19.1 Å². The summed E-state index contributed by atoms with van der Waals surface area (Å²) in [7, 11) is 0. The Bertz CT molecular complexity index is 306. The molecule has 0 rings (SSSR count). The number of rotatable bonds is 13. The number of carboxylic acid groups (broad SMARTS) is 1. The molecular weight excluding hydrogens is 256 g/mol. The first-order valence-corrected chi connectivity index (χ1v) is 7.25. The van der Waals surface area contributed by atoms with Crippen LogP contribution in [0.4, 0.5) is 0 Å². The number of hydrogen-bond donors (Lipinski definition) is 1. The van der Waals surface area contributed by atoms with Gasteiger partial charge in [-0.05, 0) is 37.8 Å². The van der Waals surface area contributed by atoms with E-state index in [0.717, 1.165) is 44.9 Å². The van der Waals surface area contributed by atoms with Gasteiger partial charge in [-0.2, -0.15) is 0 Å². The number of aliphatic carboxylic acids is 1. The predicted molar refractivity (Wildman–Crippen MR) is 79.8 cm³/mol. The van der Waals surface area contributed by atoms with Gasteiger partial charge in [0.1, 0.15) is 12.5 Å². The van der Waals surface area contributed by atoms with E-state index in [1.54, 1.807) is 12.5 Å².